The van der Waals surface area contributed by atoms with Gasteiger partial charge in [-0.25, -0.2) is 0 Å². The molecule has 1 aromatic rings. The second-order valence-corrected chi connectivity index (χ2v) is 15.3. The van der Waals surface area contributed by atoms with Crippen LogP contribution in [0.15, 0.2) is 11.8 Å². The van der Waals surface area contributed by atoms with Crippen molar-refractivity contribution in [1.82, 2.24) is 14.7 Å². The first kappa shape index (κ1) is 29.1. The fraction of sp³-hybridized carbons (Fsp3) is 0.824. The minimum Gasteiger partial charge on any atom is -0.393 e. The highest BCUT2D eigenvalue weighted by molar-refractivity contribution is 5.91. The summed E-state index contributed by atoms with van der Waals surface area (Å²) in [6, 6.07) is 0. The SMILES string of the molecule is CCN(C)CC1CCC(Cn2cc3c(n2)C=C2CC[C@@H]4[C@H]([C@@H](O)C[C@@]5(C)[C@H]4C[C@H]4OC(C)O[C@]45C(=O)CO)[C@@]2(C)C3)C1. The van der Waals surface area contributed by atoms with Gasteiger partial charge in [-0.3, -0.25) is 9.48 Å². The Hall–Kier alpha value is -1.58. The van der Waals surface area contributed by atoms with Crippen molar-refractivity contribution in [2.24, 2.45) is 40.4 Å². The van der Waals surface area contributed by atoms with Crippen LogP contribution in [0.25, 0.3) is 6.08 Å². The van der Waals surface area contributed by atoms with Gasteiger partial charge in [0.05, 0.1) is 17.9 Å². The molecule has 4 saturated carbocycles. The molecule has 11 atom stereocenters. The molecule has 3 unspecified atom stereocenters. The van der Waals surface area contributed by atoms with E-state index >= 15 is 0 Å². The molecule has 1 aromatic heterocycles. The minimum atomic E-state index is -1.18. The minimum absolute atomic E-state index is 0.107. The highest BCUT2D eigenvalue weighted by Crippen LogP contribution is 2.70. The molecule has 1 aliphatic heterocycles. The van der Waals surface area contributed by atoms with Gasteiger partial charge in [-0.05, 0) is 119 Å². The van der Waals surface area contributed by atoms with Crippen molar-refractivity contribution in [2.75, 3.05) is 26.7 Å². The Kier molecular flexibility index (Phi) is 7.10. The van der Waals surface area contributed by atoms with Crippen molar-refractivity contribution in [3.8, 4) is 0 Å². The van der Waals surface area contributed by atoms with E-state index in [0.717, 1.165) is 50.4 Å². The standard InChI is InChI=1S/C34H51N3O5/c1-6-36(5)16-21-7-8-22(11-21)17-37-18-23-14-32(3)24(12-27(23)35-37)9-10-25-26-13-30-34(29(40)19-38,42-20(2)41-30)33(26,4)15-28(39)31(25)32/h12,18,20-22,25-26,28,30-31,38-39H,6-11,13-17,19H2,1-5H3/t20?,21?,22?,25-,26-,28-,30+,31+,32-,33-,34+/m0/s1. The molecule has 42 heavy (non-hydrogen) atoms. The maximum atomic E-state index is 13.4. The third-order valence-electron chi connectivity index (χ3n) is 13.0. The van der Waals surface area contributed by atoms with Crippen LogP contribution in [-0.2, 0) is 27.2 Å². The lowest BCUT2D eigenvalue weighted by atomic mass is 9.45. The Bertz CT molecular complexity index is 1260. The summed E-state index contributed by atoms with van der Waals surface area (Å²) in [6.07, 6.45) is 11.2. The molecule has 5 fully saturated rings. The highest BCUT2D eigenvalue weighted by atomic mass is 16.7. The van der Waals surface area contributed by atoms with E-state index in [1.165, 1.54) is 36.9 Å². The smallest absolute Gasteiger partial charge is 0.193 e. The van der Waals surface area contributed by atoms with Gasteiger partial charge in [0.15, 0.2) is 17.7 Å². The number of hydrogen-bond acceptors (Lipinski definition) is 7. The van der Waals surface area contributed by atoms with Crippen LogP contribution >= 0.6 is 0 Å². The summed E-state index contributed by atoms with van der Waals surface area (Å²) in [5.74, 6) is 1.77. The lowest BCUT2D eigenvalue weighted by molar-refractivity contribution is -0.199. The summed E-state index contributed by atoms with van der Waals surface area (Å²) in [5, 5.41) is 27.1. The van der Waals surface area contributed by atoms with E-state index in [2.05, 4.69) is 49.7 Å². The number of aliphatic hydroxyl groups is 2. The zero-order valence-corrected chi connectivity index (χ0v) is 26.2. The number of carbonyl (C=O) groups excluding carboxylic acids is 1. The van der Waals surface area contributed by atoms with Crippen LogP contribution in [0.1, 0.15) is 83.9 Å². The van der Waals surface area contributed by atoms with Crippen LogP contribution in [0, 0.1) is 40.4 Å². The Labute approximate surface area is 250 Å². The Morgan fingerprint density at radius 3 is 2.76 bits per heavy atom. The molecular weight excluding hydrogens is 530 g/mol. The van der Waals surface area contributed by atoms with E-state index in [4.69, 9.17) is 14.6 Å². The monoisotopic (exact) mass is 581 g/mol. The lowest BCUT2D eigenvalue weighted by Gasteiger charge is -2.60. The Morgan fingerprint density at radius 2 is 2.00 bits per heavy atom. The summed E-state index contributed by atoms with van der Waals surface area (Å²) in [6.45, 7) is 11.3. The van der Waals surface area contributed by atoms with Crippen LogP contribution in [0.5, 0.6) is 0 Å². The van der Waals surface area contributed by atoms with Crippen molar-refractivity contribution >= 4 is 11.9 Å². The quantitative estimate of drug-likeness (QED) is 0.501. The average molecular weight is 582 g/mol. The Morgan fingerprint density at radius 1 is 1.21 bits per heavy atom. The molecule has 0 amide bonds. The number of hydrogen-bond donors (Lipinski definition) is 2. The van der Waals surface area contributed by atoms with Gasteiger partial charge in [0.25, 0.3) is 0 Å². The molecule has 0 aromatic carbocycles. The van der Waals surface area contributed by atoms with Crippen molar-refractivity contribution in [3.05, 3.63) is 23.0 Å². The molecule has 0 radical (unpaired) electrons. The number of Topliss-reactive ketones (excluding diaryl/α,β-unsaturated/α-hetero) is 1. The van der Waals surface area contributed by atoms with Crippen molar-refractivity contribution in [3.63, 3.8) is 0 Å². The van der Waals surface area contributed by atoms with Gasteiger partial charge in [0, 0.05) is 24.7 Å². The number of ether oxygens (including phenoxy) is 2. The summed E-state index contributed by atoms with van der Waals surface area (Å²) >= 11 is 0. The maximum Gasteiger partial charge on any atom is 0.193 e. The summed E-state index contributed by atoms with van der Waals surface area (Å²) in [4.78, 5) is 15.8. The molecule has 8 heteroatoms. The number of aliphatic hydroxyl groups excluding tert-OH is 2. The molecule has 0 spiro atoms. The van der Waals surface area contributed by atoms with Crippen molar-refractivity contribution in [2.45, 2.75) is 110 Å². The summed E-state index contributed by atoms with van der Waals surface area (Å²) < 4.78 is 14.7. The van der Waals surface area contributed by atoms with Gasteiger partial charge in [-0.1, -0.05) is 26.3 Å². The number of ketones is 1. The van der Waals surface area contributed by atoms with E-state index in [-0.39, 0.29) is 35.1 Å². The first-order valence-electron chi connectivity index (χ1n) is 16.6. The van der Waals surface area contributed by atoms with Crippen LogP contribution < -0.4 is 0 Å². The molecule has 2 heterocycles. The van der Waals surface area contributed by atoms with Crippen LogP contribution in [0.4, 0.5) is 0 Å². The van der Waals surface area contributed by atoms with Crippen molar-refractivity contribution < 1.29 is 24.5 Å². The fourth-order valence-corrected chi connectivity index (χ4v) is 11.2. The molecule has 232 valence electrons. The number of aromatic nitrogens is 2. The molecule has 8 nitrogen and oxygen atoms in total. The third-order valence-corrected chi connectivity index (χ3v) is 13.0. The third kappa shape index (κ3) is 4.11. The van der Waals surface area contributed by atoms with Gasteiger partial charge in [0.2, 0.25) is 0 Å². The van der Waals surface area contributed by atoms with E-state index < -0.39 is 30.0 Å². The Balaban J connectivity index is 1.12. The average Bonchev–Trinajstić information content (AvgIpc) is 3.68. The zero-order chi connectivity index (χ0) is 29.6. The first-order chi connectivity index (χ1) is 20.0. The fourth-order valence-electron chi connectivity index (χ4n) is 11.2. The largest absolute Gasteiger partial charge is 0.393 e. The molecular formula is C34H51N3O5. The predicted molar refractivity (Wildman–Crippen MR) is 159 cm³/mol. The topological polar surface area (TPSA) is 97.1 Å². The summed E-state index contributed by atoms with van der Waals surface area (Å²) in [7, 11) is 2.23. The number of carbonyl (C=O) groups is 1. The molecule has 5 aliphatic carbocycles. The predicted octanol–water partition coefficient (Wildman–Crippen LogP) is 4.08. The molecule has 7 rings (SSSR count). The normalized spacial score (nSPS) is 45.7. The number of fused-ring (bicyclic) bond motifs is 8. The number of allylic oxidation sites excluding steroid dienone is 1. The molecule has 1 saturated heterocycles. The van der Waals surface area contributed by atoms with E-state index in [1.807, 2.05) is 6.92 Å². The highest BCUT2D eigenvalue weighted by Gasteiger charge is 2.75. The lowest BCUT2D eigenvalue weighted by Crippen LogP contribution is -2.63. The number of nitrogens with zero attached hydrogens (tertiary/aromatic N) is 3. The van der Waals surface area contributed by atoms with E-state index in [1.54, 1.807) is 0 Å². The van der Waals surface area contributed by atoms with Gasteiger partial charge < -0.3 is 24.6 Å². The first-order valence-corrected chi connectivity index (χ1v) is 16.6. The van der Waals surface area contributed by atoms with E-state index in [9.17, 15) is 15.0 Å². The van der Waals surface area contributed by atoms with Gasteiger partial charge >= 0.3 is 0 Å². The van der Waals surface area contributed by atoms with Gasteiger partial charge in [-0.15, -0.1) is 0 Å². The van der Waals surface area contributed by atoms with Crippen LogP contribution in [-0.4, -0.2) is 81.5 Å². The number of rotatable bonds is 7. The van der Waals surface area contributed by atoms with Crippen LogP contribution in [0.3, 0.4) is 0 Å². The van der Waals surface area contributed by atoms with Gasteiger partial charge in [0.1, 0.15) is 6.61 Å². The molecule has 6 aliphatic rings. The van der Waals surface area contributed by atoms with E-state index in [0.29, 0.717) is 12.3 Å². The molecule has 2 N–H and O–H groups in total. The second kappa shape index (κ2) is 10.2. The maximum absolute atomic E-state index is 13.4. The van der Waals surface area contributed by atoms with Gasteiger partial charge in [-0.2, -0.15) is 5.10 Å². The second-order valence-electron chi connectivity index (χ2n) is 15.3. The van der Waals surface area contributed by atoms with Crippen LogP contribution in [0.2, 0.25) is 0 Å². The molecule has 0 bridgehead atoms. The van der Waals surface area contributed by atoms with Crippen molar-refractivity contribution in [1.29, 1.82) is 0 Å². The summed E-state index contributed by atoms with van der Waals surface area (Å²) in [5.41, 5.74) is 1.95. The zero-order valence-electron chi connectivity index (χ0n) is 26.2.